The van der Waals surface area contributed by atoms with Gasteiger partial charge in [-0.1, -0.05) is 91.9 Å². The van der Waals surface area contributed by atoms with Gasteiger partial charge in [-0.3, -0.25) is 5.32 Å². The molecule has 39 heavy (non-hydrogen) atoms. The topological polar surface area (TPSA) is 18.5 Å². The summed E-state index contributed by atoms with van der Waals surface area (Å²) in [6, 6.07) is 35.9. The van der Waals surface area contributed by atoms with Crippen molar-refractivity contribution >= 4 is 11.4 Å². The van der Waals surface area contributed by atoms with Crippen LogP contribution in [0.3, 0.4) is 0 Å². The molecule has 4 aromatic rings. The summed E-state index contributed by atoms with van der Waals surface area (Å²) in [6.45, 7) is 6.83. The van der Waals surface area contributed by atoms with E-state index in [1.54, 1.807) is 0 Å². The molecule has 0 saturated heterocycles. The quantitative estimate of drug-likeness (QED) is 0.308. The first-order valence-corrected chi connectivity index (χ1v) is 14.5. The van der Waals surface area contributed by atoms with E-state index in [0.717, 1.165) is 32.4 Å². The van der Waals surface area contributed by atoms with E-state index in [-0.39, 0.29) is 5.54 Å². The summed E-state index contributed by atoms with van der Waals surface area (Å²) in [6.07, 6.45) is 3.38. The summed E-state index contributed by atoms with van der Waals surface area (Å²) < 4.78 is 0. The van der Waals surface area contributed by atoms with E-state index >= 15 is 0 Å². The fourth-order valence-corrected chi connectivity index (χ4v) is 7.11. The van der Waals surface area contributed by atoms with Crippen molar-refractivity contribution in [2.45, 2.75) is 44.7 Å². The van der Waals surface area contributed by atoms with Gasteiger partial charge in [-0.05, 0) is 91.7 Å². The van der Waals surface area contributed by atoms with E-state index in [9.17, 15) is 0 Å². The van der Waals surface area contributed by atoms with Crippen molar-refractivity contribution in [3.8, 4) is 0 Å². The van der Waals surface area contributed by atoms with Gasteiger partial charge in [0, 0.05) is 30.5 Å². The molecule has 3 heteroatoms. The highest BCUT2D eigenvalue weighted by Crippen LogP contribution is 2.48. The zero-order valence-electron chi connectivity index (χ0n) is 23.8. The molecule has 7 rings (SSSR count). The third-order valence-electron chi connectivity index (χ3n) is 8.72. The van der Waals surface area contributed by atoms with Gasteiger partial charge in [-0.25, -0.2) is 0 Å². The summed E-state index contributed by atoms with van der Waals surface area (Å²) in [7, 11) is 4.31. The molecular weight excluding hydrogens is 474 g/mol. The molecule has 4 aromatic carbocycles. The largest absolute Gasteiger partial charge is 0.341 e. The Balaban J connectivity index is 0.000000146. The van der Waals surface area contributed by atoms with E-state index in [4.69, 9.17) is 0 Å². The zero-order valence-corrected chi connectivity index (χ0v) is 23.8. The average Bonchev–Trinajstić information content (AvgIpc) is 3.07. The molecule has 3 atom stereocenters. The Kier molecular flexibility index (Phi) is 7.05. The van der Waals surface area contributed by atoms with Crippen molar-refractivity contribution in [2.75, 3.05) is 32.1 Å². The summed E-state index contributed by atoms with van der Waals surface area (Å²) in [5.41, 5.74) is 11.6. The highest BCUT2D eigenvalue weighted by Gasteiger charge is 2.45. The van der Waals surface area contributed by atoms with Crippen molar-refractivity contribution in [2.24, 2.45) is 5.92 Å². The molecular formula is C36H41N3. The first kappa shape index (κ1) is 25.9. The van der Waals surface area contributed by atoms with Crippen molar-refractivity contribution in [3.63, 3.8) is 0 Å². The molecule has 3 aliphatic heterocycles. The minimum Gasteiger partial charge on any atom is -0.341 e. The number of aryl methyl sites for hydroxylation is 2. The van der Waals surface area contributed by atoms with E-state index in [1.807, 2.05) is 0 Å². The molecule has 1 unspecified atom stereocenters. The standard InChI is InChI=1S/C20H26N2.C16H15N/c1-16(14-21(2)3)15-22-19-10-6-4-8-17(19)12-13-18-9-5-7-11-20(18)22;1-16-13-8-4-2-6-11(13)10-15(17-16)12-7-3-5-9-14(12)16/h4-11,16H,12-15H2,1-3H3;2-9,15,17H,10H2,1H3/t;15-,16+/m.1/s1. The number of fused-ring (bicyclic) bond motifs is 9. The van der Waals surface area contributed by atoms with E-state index in [0.29, 0.717) is 12.0 Å². The summed E-state index contributed by atoms with van der Waals surface area (Å²) in [5, 5.41) is 3.79. The lowest BCUT2D eigenvalue weighted by Gasteiger charge is -2.34. The van der Waals surface area contributed by atoms with Gasteiger partial charge in [0.05, 0.1) is 5.54 Å². The van der Waals surface area contributed by atoms with Crippen LogP contribution >= 0.6 is 0 Å². The van der Waals surface area contributed by atoms with Crippen LogP contribution in [-0.2, 0) is 24.8 Å². The SMILES string of the molecule is CC(CN(C)C)CN1c2ccccc2CCc2ccccc21.C[C@]12N[C@H](Cc3ccccc31)c1ccccc12. The summed E-state index contributed by atoms with van der Waals surface area (Å²) in [5.74, 6) is 0.620. The van der Waals surface area contributed by atoms with Crippen molar-refractivity contribution in [1.29, 1.82) is 0 Å². The summed E-state index contributed by atoms with van der Waals surface area (Å²) in [4.78, 5) is 4.81. The Labute approximate surface area is 234 Å². The number of hydrogen-bond acceptors (Lipinski definition) is 3. The predicted octanol–water partition coefficient (Wildman–Crippen LogP) is 7.27. The lowest BCUT2D eigenvalue weighted by Crippen LogP contribution is -2.41. The normalized spacial score (nSPS) is 21.1. The molecule has 0 saturated carbocycles. The highest BCUT2D eigenvalue weighted by molar-refractivity contribution is 5.71. The Bertz CT molecular complexity index is 1400. The van der Waals surface area contributed by atoms with Gasteiger partial charge in [0.25, 0.3) is 0 Å². The molecule has 3 aliphatic rings. The first-order chi connectivity index (χ1) is 18.9. The fraction of sp³-hybridized carbons (Fsp3) is 0.333. The zero-order chi connectivity index (χ0) is 27.0. The van der Waals surface area contributed by atoms with Crippen LogP contribution < -0.4 is 10.2 Å². The minimum atomic E-state index is 0.0100. The number of anilines is 2. The Morgan fingerprint density at radius 3 is 1.95 bits per heavy atom. The molecule has 0 spiro atoms. The van der Waals surface area contributed by atoms with Crippen LogP contribution in [-0.4, -0.2) is 32.1 Å². The number of hydrogen-bond donors (Lipinski definition) is 1. The molecule has 3 nitrogen and oxygen atoms in total. The Hall–Kier alpha value is -3.40. The molecule has 0 radical (unpaired) electrons. The van der Waals surface area contributed by atoms with Gasteiger partial charge >= 0.3 is 0 Å². The lowest BCUT2D eigenvalue weighted by atomic mass is 9.82. The number of nitrogens with one attached hydrogen (secondary N) is 1. The lowest BCUT2D eigenvalue weighted by molar-refractivity contribution is 0.343. The smallest absolute Gasteiger partial charge is 0.0672 e. The number of para-hydroxylation sites is 2. The molecule has 1 N–H and O–H groups in total. The molecule has 0 aliphatic carbocycles. The van der Waals surface area contributed by atoms with Crippen LogP contribution in [0.4, 0.5) is 11.4 Å². The van der Waals surface area contributed by atoms with Gasteiger partial charge in [-0.15, -0.1) is 0 Å². The molecule has 2 bridgehead atoms. The van der Waals surface area contributed by atoms with Gasteiger partial charge in [-0.2, -0.15) is 0 Å². The minimum absolute atomic E-state index is 0.0100. The predicted molar refractivity (Wildman–Crippen MR) is 164 cm³/mol. The van der Waals surface area contributed by atoms with Crippen LogP contribution in [0.1, 0.15) is 53.3 Å². The third kappa shape index (κ3) is 4.90. The number of rotatable bonds is 4. The van der Waals surface area contributed by atoms with Crippen molar-refractivity contribution in [3.05, 3.63) is 130 Å². The average molecular weight is 516 g/mol. The van der Waals surface area contributed by atoms with Gasteiger partial charge < -0.3 is 9.80 Å². The van der Waals surface area contributed by atoms with Crippen LogP contribution in [0, 0.1) is 5.92 Å². The van der Waals surface area contributed by atoms with E-state index in [2.05, 4.69) is 140 Å². The van der Waals surface area contributed by atoms with Gasteiger partial charge in [0.1, 0.15) is 0 Å². The molecule has 0 aromatic heterocycles. The molecule has 0 fully saturated rings. The monoisotopic (exact) mass is 515 g/mol. The molecule has 0 amide bonds. The van der Waals surface area contributed by atoms with Crippen LogP contribution in [0.5, 0.6) is 0 Å². The molecule has 3 heterocycles. The number of nitrogens with zero attached hydrogens (tertiary/aromatic N) is 2. The van der Waals surface area contributed by atoms with Gasteiger partial charge in [0.2, 0.25) is 0 Å². The summed E-state index contributed by atoms with van der Waals surface area (Å²) >= 11 is 0. The maximum atomic E-state index is 3.79. The van der Waals surface area contributed by atoms with E-state index in [1.165, 1.54) is 44.8 Å². The second-order valence-corrected chi connectivity index (χ2v) is 12.0. The van der Waals surface area contributed by atoms with Crippen LogP contribution in [0.2, 0.25) is 0 Å². The third-order valence-corrected chi connectivity index (χ3v) is 8.72. The maximum absolute atomic E-state index is 3.79. The van der Waals surface area contributed by atoms with E-state index < -0.39 is 0 Å². The van der Waals surface area contributed by atoms with Crippen molar-refractivity contribution < 1.29 is 0 Å². The highest BCUT2D eigenvalue weighted by atomic mass is 15.2. The maximum Gasteiger partial charge on any atom is 0.0672 e. The fourth-order valence-electron chi connectivity index (χ4n) is 7.11. The second kappa shape index (κ2) is 10.6. The van der Waals surface area contributed by atoms with Gasteiger partial charge in [0.15, 0.2) is 0 Å². The second-order valence-electron chi connectivity index (χ2n) is 12.0. The first-order valence-electron chi connectivity index (χ1n) is 14.5. The van der Waals surface area contributed by atoms with Crippen molar-refractivity contribution in [1.82, 2.24) is 10.2 Å². The Morgan fingerprint density at radius 2 is 1.31 bits per heavy atom. The molecule has 200 valence electrons. The Morgan fingerprint density at radius 1 is 0.769 bits per heavy atom. The number of benzene rings is 4. The van der Waals surface area contributed by atoms with Crippen LogP contribution in [0.15, 0.2) is 97.1 Å². The van der Waals surface area contributed by atoms with Crippen LogP contribution in [0.25, 0.3) is 0 Å².